The zero-order valence-corrected chi connectivity index (χ0v) is 31.8. The van der Waals surface area contributed by atoms with E-state index in [2.05, 4.69) is 216 Å². The summed E-state index contributed by atoms with van der Waals surface area (Å²) in [5, 5.41) is 8.97. The summed E-state index contributed by atoms with van der Waals surface area (Å²) in [6, 6.07) is 72.0. The van der Waals surface area contributed by atoms with Crippen molar-refractivity contribution in [3.05, 3.63) is 217 Å². The van der Waals surface area contributed by atoms with Crippen LogP contribution in [0.25, 0.3) is 45.2 Å². The molecule has 274 valence electrons. The van der Waals surface area contributed by atoms with Gasteiger partial charge in [-0.3, -0.25) is 0 Å². The van der Waals surface area contributed by atoms with E-state index in [1.165, 1.54) is 0 Å². The van der Waals surface area contributed by atoms with Crippen molar-refractivity contribution in [1.29, 1.82) is 0 Å². The average molecular weight is 737 g/mol. The molecule has 8 aromatic carbocycles. The second kappa shape index (κ2) is 15.7. The predicted molar refractivity (Wildman–Crippen MR) is 235 cm³/mol. The fourth-order valence-electron chi connectivity index (χ4n) is 7.42. The number of benzene rings is 8. The van der Waals surface area contributed by atoms with Gasteiger partial charge >= 0.3 is 0 Å². The average Bonchev–Trinajstić information content (AvgIpc) is 3.76. The molecule has 1 heterocycles. The standard InChI is InChI=1S/C52H40N4O/c1-37-35-41(39-23-29-47(30-24-39)55(43-15-7-3-8-16-43)44-17-9-4-10-18-44)27-33-49(37)51-53-54-52(57-51)50-34-28-42(36-38(50)2)40-25-31-48(32-26-40)56(45-19-11-5-12-20-45)46-21-13-6-14-22-46/h3-36H,1-2H3. The van der Waals surface area contributed by atoms with Crippen LogP contribution in [-0.4, -0.2) is 10.2 Å². The third-order valence-electron chi connectivity index (χ3n) is 10.3. The van der Waals surface area contributed by atoms with E-state index in [1.807, 2.05) is 24.3 Å². The van der Waals surface area contributed by atoms with Gasteiger partial charge < -0.3 is 14.2 Å². The van der Waals surface area contributed by atoms with Crippen molar-refractivity contribution < 1.29 is 4.42 Å². The maximum atomic E-state index is 6.33. The Labute approximate surface area is 333 Å². The Balaban J connectivity index is 0.926. The normalized spacial score (nSPS) is 11.0. The quantitative estimate of drug-likeness (QED) is 0.140. The van der Waals surface area contributed by atoms with Gasteiger partial charge in [-0.15, -0.1) is 10.2 Å². The Morgan fingerprint density at radius 2 is 0.596 bits per heavy atom. The van der Waals surface area contributed by atoms with E-state index in [0.29, 0.717) is 11.8 Å². The maximum absolute atomic E-state index is 6.33. The molecule has 0 atom stereocenters. The number of nitrogens with zero attached hydrogens (tertiary/aromatic N) is 4. The zero-order chi connectivity index (χ0) is 38.6. The highest BCUT2D eigenvalue weighted by molar-refractivity contribution is 5.81. The number of hydrogen-bond acceptors (Lipinski definition) is 5. The van der Waals surface area contributed by atoms with E-state index >= 15 is 0 Å². The molecule has 1 aromatic heterocycles. The van der Waals surface area contributed by atoms with Gasteiger partial charge in [0.1, 0.15) is 0 Å². The monoisotopic (exact) mass is 736 g/mol. The summed E-state index contributed by atoms with van der Waals surface area (Å²) in [6.07, 6.45) is 0. The number of anilines is 6. The van der Waals surface area contributed by atoms with Gasteiger partial charge in [0.15, 0.2) is 0 Å². The Bertz CT molecular complexity index is 2460. The minimum absolute atomic E-state index is 0.506. The highest BCUT2D eigenvalue weighted by atomic mass is 16.4. The highest BCUT2D eigenvalue weighted by Crippen LogP contribution is 2.38. The Morgan fingerprint density at radius 1 is 0.316 bits per heavy atom. The van der Waals surface area contributed by atoms with Crippen LogP contribution < -0.4 is 9.80 Å². The van der Waals surface area contributed by atoms with Crippen molar-refractivity contribution in [1.82, 2.24) is 10.2 Å². The first-order chi connectivity index (χ1) is 28.1. The third-order valence-corrected chi connectivity index (χ3v) is 10.3. The van der Waals surface area contributed by atoms with Gasteiger partial charge in [0.2, 0.25) is 11.8 Å². The largest absolute Gasteiger partial charge is 0.416 e. The fraction of sp³-hybridized carbons (Fsp3) is 0.0385. The molecule has 5 heteroatoms. The zero-order valence-electron chi connectivity index (χ0n) is 31.8. The van der Waals surface area contributed by atoms with E-state index in [-0.39, 0.29) is 0 Å². The van der Waals surface area contributed by atoms with E-state index in [4.69, 9.17) is 4.42 Å². The van der Waals surface area contributed by atoms with Gasteiger partial charge in [-0.05, 0) is 132 Å². The van der Waals surface area contributed by atoms with Gasteiger partial charge in [0, 0.05) is 45.3 Å². The molecular weight excluding hydrogens is 697 g/mol. The second-order valence-corrected chi connectivity index (χ2v) is 14.1. The van der Waals surface area contributed by atoms with Gasteiger partial charge in [-0.25, -0.2) is 0 Å². The van der Waals surface area contributed by atoms with Crippen LogP contribution >= 0.6 is 0 Å². The molecule has 9 rings (SSSR count). The van der Waals surface area contributed by atoms with Gasteiger partial charge in [-0.2, -0.15) is 0 Å². The molecule has 0 aliphatic carbocycles. The van der Waals surface area contributed by atoms with Crippen molar-refractivity contribution in [2.24, 2.45) is 0 Å². The Kier molecular flexibility index (Phi) is 9.70. The minimum Gasteiger partial charge on any atom is -0.416 e. The summed E-state index contributed by atoms with van der Waals surface area (Å²) in [7, 11) is 0. The molecule has 5 nitrogen and oxygen atoms in total. The Hall–Kier alpha value is -7.50. The molecule has 0 saturated heterocycles. The summed E-state index contributed by atoms with van der Waals surface area (Å²) in [4.78, 5) is 4.54. The number of aromatic nitrogens is 2. The lowest BCUT2D eigenvalue weighted by molar-refractivity contribution is 0.584. The maximum Gasteiger partial charge on any atom is 0.248 e. The summed E-state index contributed by atoms with van der Waals surface area (Å²) < 4.78 is 6.33. The number of aryl methyl sites for hydroxylation is 2. The van der Waals surface area contributed by atoms with Crippen molar-refractivity contribution >= 4 is 34.1 Å². The van der Waals surface area contributed by atoms with Crippen molar-refractivity contribution in [3.8, 4) is 45.2 Å². The number of rotatable bonds is 10. The van der Waals surface area contributed by atoms with Crippen LogP contribution in [0.2, 0.25) is 0 Å². The molecule has 0 fully saturated rings. The first-order valence-electron chi connectivity index (χ1n) is 19.2. The minimum atomic E-state index is 0.506. The molecule has 57 heavy (non-hydrogen) atoms. The lowest BCUT2D eigenvalue weighted by Crippen LogP contribution is -2.09. The summed E-state index contributed by atoms with van der Waals surface area (Å²) >= 11 is 0. The molecule has 0 amide bonds. The van der Waals surface area contributed by atoms with Crippen LogP contribution in [0.3, 0.4) is 0 Å². The van der Waals surface area contributed by atoms with E-state index < -0.39 is 0 Å². The lowest BCUT2D eigenvalue weighted by Gasteiger charge is -2.25. The molecule has 0 saturated carbocycles. The fourth-order valence-corrected chi connectivity index (χ4v) is 7.42. The van der Waals surface area contributed by atoms with E-state index in [0.717, 1.165) is 78.6 Å². The molecule has 0 aliphatic heterocycles. The van der Waals surface area contributed by atoms with Crippen LogP contribution in [0.4, 0.5) is 34.1 Å². The highest BCUT2D eigenvalue weighted by Gasteiger charge is 2.17. The molecular formula is C52H40N4O. The SMILES string of the molecule is Cc1cc(-c2ccc(N(c3ccccc3)c3ccccc3)cc2)ccc1-c1nnc(-c2ccc(-c3ccc(N(c4ccccc4)c4ccccc4)cc3)cc2C)o1. The molecule has 0 N–H and O–H groups in total. The lowest BCUT2D eigenvalue weighted by atomic mass is 9.99. The van der Waals surface area contributed by atoms with Crippen molar-refractivity contribution in [2.45, 2.75) is 13.8 Å². The molecule has 0 unspecified atom stereocenters. The molecule has 0 bridgehead atoms. The molecule has 0 spiro atoms. The van der Waals surface area contributed by atoms with E-state index in [1.54, 1.807) is 0 Å². The molecule has 0 radical (unpaired) electrons. The van der Waals surface area contributed by atoms with E-state index in [9.17, 15) is 0 Å². The Morgan fingerprint density at radius 3 is 0.895 bits per heavy atom. The predicted octanol–water partition coefficient (Wildman–Crippen LogP) is 14.3. The second-order valence-electron chi connectivity index (χ2n) is 14.1. The van der Waals surface area contributed by atoms with Crippen LogP contribution in [0.15, 0.2) is 211 Å². The van der Waals surface area contributed by atoms with Crippen molar-refractivity contribution in [2.75, 3.05) is 9.80 Å². The molecule has 0 aliphatic rings. The number of para-hydroxylation sites is 4. The van der Waals surface area contributed by atoms with Crippen LogP contribution in [0.1, 0.15) is 11.1 Å². The van der Waals surface area contributed by atoms with Crippen molar-refractivity contribution in [3.63, 3.8) is 0 Å². The topological polar surface area (TPSA) is 45.4 Å². The summed E-state index contributed by atoms with van der Waals surface area (Å²) in [5.41, 5.74) is 15.1. The van der Waals surface area contributed by atoms with Crippen LogP contribution in [0, 0.1) is 13.8 Å². The smallest absolute Gasteiger partial charge is 0.248 e. The number of hydrogen-bond donors (Lipinski definition) is 0. The summed E-state index contributed by atoms with van der Waals surface area (Å²) in [6.45, 7) is 4.18. The molecule has 9 aromatic rings. The van der Waals surface area contributed by atoms with Gasteiger partial charge in [0.05, 0.1) is 0 Å². The first-order valence-corrected chi connectivity index (χ1v) is 19.2. The summed E-state index contributed by atoms with van der Waals surface area (Å²) in [5.74, 6) is 1.01. The van der Waals surface area contributed by atoms with Crippen LogP contribution in [0.5, 0.6) is 0 Å². The van der Waals surface area contributed by atoms with Gasteiger partial charge in [-0.1, -0.05) is 121 Å². The first kappa shape index (κ1) is 35.2. The van der Waals surface area contributed by atoms with Gasteiger partial charge in [0.25, 0.3) is 0 Å². The van der Waals surface area contributed by atoms with Crippen LogP contribution in [-0.2, 0) is 0 Å². The third kappa shape index (κ3) is 7.34.